The summed E-state index contributed by atoms with van der Waals surface area (Å²) in [7, 11) is 4.92. The van der Waals surface area contributed by atoms with E-state index in [1.165, 1.54) is 0 Å². The third-order valence-corrected chi connectivity index (χ3v) is 3.73. The van der Waals surface area contributed by atoms with Crippen molar-refractivity contribution in [3.8, 4) is 0 Å². The molecule has 1 atom stereocenters. The number of hydrogen-bond acceptors (Lipinski definition) is 8. The zero-order chi connectivity index (χ0) is 21.0. The molecule has 0 radical (unpaired) electrons. The molecule has 3 N–H and O–H groups in total. The van der Waals surface area contributed by atoms with Crippen LogP contribution in [0.15, 0.2) is 0 Å². The minimum Gasteiger partial charge on any atom is -0.385 e. The number of likely N-dealkylation sites (N-methyl/N-ethyl adjacent to an activating group) is 1. The second-order valence-electron chi connectivity index (χ2n) is 6.20. The molecule has 0 saturated carbocycles. The van der Waals surface area contributed by atoms with Crippen LogP contribution in [-0.4, -0.2) is 102 Å². The predicted octanol–water partition coefficient (Wildman–Crippen LogP) is -0.687. The molecule has 0 aromatic rings. The SMILES string of the molecule is CNC(=O)COCCCOCN(C)C(O)CCOCCNC(=O)CCCOC. The molecule has 10 nitrogen and oxygen atoms in total. The van der Waals surface area contributed by atoms with Gasteiger partial charge < -0.3 is 34.7 Å². The Morgan fingerprint density at radius 2 is 1.75 bits per heavy atom. The van der Waals surface area contributed by atoms with Crippen molar-refractivity contribution in [2.45, 2.75) is 31.9 Å². The van der Waals surface area contributed by atoms with Gasteiger partial charge >= 0.3 is 0 Å². The van der Waals surface area contributed by atoms with Crippen molar-refractivity contribution in [1.29, 1.82) is 0 Å². The van der Waals surface area contributed by atoms with Gasteiger partial charge in [0.2, 0.25) is 11.8 Å². The molecule has 0 bridgehead atoms. The highest BCUT2D eigenvalue weighted by Crippen LogP contribution is 1.99. The fourth-order valence-corrected chi connectivity index (χ4v) is 2.03. The third-order valence-electron chi connectivity index (χ3n) is 3.73. The molecule has 0 fully saturated rings. The van der Waals surface area contributed by atoms with Crippen LogP contribution in [-0.2, 0) is 28.5 Å². The molecule has 0 aliphatic carbocycles. The highest BCUT2D eigenvalue weighted by molar-refractivity contribution is 5.76. The van der Waals surface area contributed by atoms with Crippen molar-refractivity contribution in [2.75, 3.05) is 74.1 Å². The van der Waals surface area contributed by atoms with Gasteiger partial charge in [0.25, 0.3) is 0 Å². The first-order chi connectivity index (χ1) is 13.5. The summed E-state index contributed by atoms with van der Waals surface area (Å²) in [4.78, 5) is 24.1. The topological polar surface area (TPSA) is 119 Å². The summed E-state index contributed by atoms with van der Waals surface area (Å²) in [6, 6.07) is 0. The maximum absolute atomic E-state index is 11.5. The van der Waals surface area contributed by atoms with Gasteiger partial charge in [-0.15, -0.1) is 0 Å². The minimum absolute atomic E-state index is 0.0170. The van der Waals surface area contributed by atoms with Crippen LogP contribution in [0.2, 0.25) is 0 Å². The molecule has 0 aromatic heterocycles. The van der Waals surface area contributed by atoms with Crippen molar-refractivity contribution in [2.24, 2.45) is 0 Å². The van der Waals surface area contributed by atoms with E-state index in [-0.39, 0.29) is 25.2 Å². The Labute approximate surface area is 167 Å². The first-order valence-electron chi connectivity index (χ1n) is 9.59. The summed E-state index contributed by atoms with van der Waals surface area (Å²) in [5.41, 5.74) is 0. The highest BCUT2D eigenvalue weighted by Gasteiger charge is 2.10. The van der Waals surface area contributed by atoms with E-state index in [1.807, 2.05) is 0 Å². The normalized spacial score (nSPS) is 12.2. The van der Waals surface area contributed by atoms with Crippen LogP contribution in [0.1, 0.15) is 25.7 Å². The van der Waals surface area contributed by atoms with E-state index >= 15 is 0 Å². The molecule has 1 unspecified atom stereocenters. The van der Waals surface area contributed by atoms with Gasteiger partial charge in [0.15, 0.2) is 0 Å². The summed E-state index contributed by atoms with van der Waals surface area (Å²) in [6.45, 7) is 3.06. The fourth-order valence-electron chi connectivity index (χ4n) is 2.03. The van der Waals surface area contributed by atoms with Crippen LogP contribution in [0.3, 0.4) is 0 Å². The highest BCUT2D eigenvalue weighted by atomic mass is 16.5. The number of aliphatic hydroxyl groups excluding tert-OH is 1. The molecule has 0 aromatic carbocycles. The van der Waals surface area contributed by atoms with E-state index in [0.717, 1.165) is 0 Å². The number of amides is 2. The molecule has 0 spiro atoms. The quantitative estimate of drug-likeness (QED) is 0.190. The molecule has 0 aliphatic heterocycles. The Kier molecular flexibility index (Phi) is 18.2. The Morgan fingerprint density at radius 3 is 2.46 bits per heavy atom. The molecular formula is C18H37N3O7. The molecule has 0 aliphatic rings. The number of ether oxygens (including phenoxy) is 4. The smallest absolute Gasteiger partial charge is 0.245 e. The zero-order valence-corrected chi connectivity index (χ0v) is 17.4. The Bertz CT molecular complexity index is 399. The molecular weight excluding hydrogens is 370 g/mol. The second kappa shape index (κ2) is 19.0. The number of carbonyl (C=O) groups excluding carboxylic acids is 2. The Balaban J connectivity index is 3.47. The first-order valence-corrected chi connectivity index (χ1v) is 9.59. The lowest BCUT2D eigenvalue weighted by atomic mass is 10.3. The number of aliphatic hydroxyl groups is 1. The van der Waals surface area contributed by atoms with Crippen LogP contribution < -0.4 is 10.6 Å². The molecule has 2 amide bonds. The molecule has 10 heteroatoms. The molecule has 0 saturated heterocycles. The lowest BCUT2D eigenvalue weighted by Gasteiger charge is -2.23. The van der Waals surface area contributed by atoms with E-state index in [2.05, 4.69) is 10.6 Å². The summed E-state index contributed by atoms with van der Waals surface area (Å²) in [6.07, 6.45) is 1.58. The lowest BCUT2D eigenvalue weighted by Crippen LogP contribution is -2.35. The van der Waals surface area contributed by atoms with Gasteiger partial charge in [-0.3, -0.25) is 14.5 Å². The largest absolute Gasteiger partial charge is 0.385 e. The van der Waals surface area contributed by atoms with Gasteiger partial charge in [-0.1, -0.05) is 0 Å². The van der Waals surface area contributed by atoms with Gasteiger partial charge in [0, 0.05) is 46.8 Å². The average Bonchev–Trinajstić information content (AvgIpc) is 2.69. The summed E-state index contributed by atoms with van der Waals surface area (Å²) >= 11 is 0. The average molecular weight is 408 g/mol. The van der Waals surface area contributed by atoms with Gasteiger partial charge in [-0.05, 0) is 19.9 Å². The maximum Gasteiger partial charge on any atom is 0.245 e. The van der Waals surface area contributed by atoms with E-state index in [4.69, 9.17) is 18.9 Å². The first kappa shape index (κ1) is 26.7. The van der Waals surface area contributed by atoms with Crippen LogP contribution in [0.4, 0.5) is 0 Å². The number of rotatable bonds is 19. The minimum atomic E-state index is -0.673. The second-order valence-corrected chi connectivity index (χ2v) is 6.20. The molecule has 166 valence electrons. The number of hydrogen-bond donors (Lipinski definition) is 3. The number of methoxy groups -OCH3 is 1. The molecule has 0 rings (SSSR count). The van der Waals surface area contributed by atoms with Crippen molar-refractivity contribution in [3.63, 3.8) is 0 Å². The van der Waals surface area contributed by atoms with Gasteiger partial charge in [0.05, 0.1) is 19.8 Å². The van der Waals surface area contributed by atoms with Crippen LogP contribution in [0.25, 0.3) is 0 Å². The van der Waals surface area contributed by atoms with E-state index < -0.39 is 6.23 Å². The number of nitrogens with one attached hydrogen (secondary N) is 2. The molecule has 28 heavy (non-hydrogen) atoms. The maximum atomic E-state index is 11.5. The van der Waals surface area contributed by atoms with Crippen molar-refractivity contribution >= 4 is 11.8 Å². The standard InChI is InChI=1S/C18H37N3O7/c1-19-17(23)14-27-10-5-11-28-15-21(2)18(24)7-12-26-13-8-20-16(22)6-4-9-25-3/h18,24H,4-15H2,1-3H3,(H,19,23)(H,20,22). The summed E-state index contributed by atoms with van der Waals surface area (Å²) < 4.78 is 20.9. The Morgan fingerprint density at radius 1 is 1.00 bits per heavy atom. The number of carbonyl (C=O) groups is 2. The zero-order valence-electron chi connectivity index (χ0n) is 17.4. The van der Waals surface area contributed by atoms with Gasteiger partial charge in [-0.25, -0.2) is 0 Å². The summed E-state index contributed by atoms with van der Waals surface area (Å²) in [5, 5.41) is 15.3. The lowest BCUT2D eigenvalue weighted by molar-refractivity contribution is -0.125. The van der Waals surface area contributed by atoms with Crippen LogP contribution in [0.5, 0.6) is 0 Å². The van der Waals surface area contributed by atoms with Crippen LogP contribution in [0, 0.1) is 0 Å². The van der Waals surface area contributed by atoms with E-state index in [0.29, 0.717) is 65.3 Å². The van der Waals surface area contributed by atoms with Crippen molar-refractivity contribution in [1.82, 2.24) is 15.5 Å². The predicted molar refractivity (Wildman–Crippen MR) is 104 cm³/mol. The van der Waals surface area contributed by atoms with Crippen molar-refractivity contribution < 1.29 is 33.6 Å². The summed E-state index contributed by atoms with van der Waals surface area (Å²) in [5.74, 6) is -0.174. The Hall–Kier alpha value is -1.30. The van der Waals surface area contributed by atoms with E-state index in [1.54, 1.807) is 26.1 Å². The third kappa shape index (κ3) is 16.8. The molecule has 0 heterocycles. The fraction of sp³-hybridized carbons (Fsp3) is 0.889. The van der Waals surface area contributed by atoms with Gasteiger partial charge in [0.1, 0.15) is 19.6 Å². The monoisotopic (exact) mass is 407 g/mol. The van der Waals surface area contributed by atoms with Gasteiger partial charge in [-0.2, -0.15) is 0 Å². The van der Waals surface area contributed by atoms with Crippen molar-refractivity contribution in [3.05, 3.63) is 0 Å². The van der Waals surface area contributed by atoms with E-state index in [9.17, 15) is 14.7 Å². The number of nitrogens with zero attached hydrogens (tertiary/aromatic N) is 1. The van der Waals surface area contributed by atoms with Crippen LogP contribution >= 0.6 is 0 Å².